The molecule has 0 fully saturated rings. The average Bonchev–Trinajstić information content (AvgIpc) is 3.26. The van der Waals surface area contributed by atoms with Gasteiger partial charge < -0.3 is 0 Å². The SMILES string of the molecule is Cc1nn(C(C)C)c(C)c1S(=O)(=O)NCCc1ccc(-c2ccsc2)s1. The van der Waals surface area contributed by atoms with Crippen LogP contribution in [0, 0.1) is 13.8 Å². The molecule has 3 aromatic heterocycles. The highest BCUT2D eigenvalue weighted by molar-refractivity contribution is 7.89. The van der Waals surface area contributed by atoms with Gasteiger partial charge in [0, 0.05) is 27.9 Å². The summed E-state index contributed by atoms with van der Waals surface area (Å²) < 4.78 is 30.0. The Morgan fingerprint density at radius 1 is 1.23 bits per heavy atom. The molecular weight excluding hydrogens is 386 g/mol. The molecule has 5 nitrogen and oxygen atoms in total. The van der Waals surface area contributed by atoms with Gasteiger partial charge in [0.1, 0.15) is 4.90 Å². The number of nitrogens with zero attached hydrogens (tertiary/aromatic N) is 2. The normalized spacial score (nSPS) is 12.2. The number of hydrogen-bond acceptors (Lipinski definition) is 5. The highest BCUT2D eigenvalue weighted by Gasteiger charge is 2.25. The summed E-state index contributed by atoms with van der Waals surface area (Å²) in [4.78, 5) is 2.69. The fourth-order valence-corrected chi connectivity index (χ4v) is 6.15. The molecule has 0 amide bonds. The minimum absolute atomic E-state index is 0.124. The summed E-state index contributed by atoms with van der Waals surface area (Å²) in [6.07, 6.45) is 0.671. The zero-order valence-corrected chi connectivity index (χ0v) is 17.8. The molecular formula is C18H23N3O2S3. The van der Waals surface area contributed by atoms with Crippen LogP contribution in [0.5, 0.6) is 0 Å². The lowest BCUT2D eigenvalue weighted by molar-refractivity contribution is 0.514. The van der Waals surface area contributed by atoms with Gasteiger partial charge in [0.05, 0.1) is 11.4 Å². The Balaban J connectivity index is 1.68. The van der Waals surface area contributed by atoms with Gasteiger partial charge in [-0.3, -0.25) is 4.68 Å². The van der Waals surface area contributed by atoms with Crippen LogP contribution in [0.2, 0.25) is 0 Å². The largest absolute Gasteiger partial charge is 0.266 e. The molecule has 3 rings (SSSR count). The maximum absolute atomic E-state index is 12.7. The molecule has 3 heterocycles. The first kappa shape index (κ1) is 19.3. The van der Waals surface area contributed by atoms with Crippen molar-refractivity contribution in [3.63, 3.8) is 0 Å². The standard InChI is InChI=1S/C18H23N3O2S3/c1-12(2)21-14(4)18(13(3)20-21)26(22,23)19-9-7-16-5-6-17(25-16)15-8-10-24-11-15/h5-6,8,10-12,19H,7,9H2,1-4H3. The van der Waals surface area contributed by atoms with Crippen LogP contribution in [0.25, 0.3) is 10.4 Å². The van der Waals surface area contributed by atoms with Crippen molar-refractivity contribution in [1.82, 2.24) is 14.5 Å². The molecule has 0 atom stereocenters. The van der Waals surface area contributed by atoms with Gasteiger partial charge >= 0.3 is 0 Å². The summed E-state index contributed by atoms with van der Waals surface area (Å²) in [7, 11) is -3.57. The molecule has 140 valence electrons. The third-order valence-electron chi connectivity index (χ3n) is 4.15. The van der Waals surface area contributed by atoms with Crippen LogP contribution in [0.3, 0.4) is 0 Å². The second-order valence-electron chi connectivity index (χ2n) is 6.46. The average molecular weight is 410 g/mol. The summed E-state index contributed by atoms with van der Waals surface area (Å²) in [5.74, 6) is 0. The van der Waals surface area contributed by atoms with Gasteiger partial charge in [-0.2, -0.15) is 16.4 Å². The molecule has 3 aromatic rings. The van der Waals surface area contributed by atoms with E-state index < -0.39 is 10.0 Å². The van der Waals surface area contributed by atoms with Crippen molar-refractivity contribution in [3.8, 4) is 10.4 Å². The lowest BCUT2D eigenvalue weighted by atomic mass is 10.3. The Hall–Kier alpha value is -1.48. The van der Waals surface area contributed by atoms with Crippen LogP contribution in [-0.2, 0) is 16.4 Å². The first-order valence-corrected chi connectivity index (χ1v) is 11.7. The summed E-state index contributed by atoms with van der Waals surface area (Å²) in [6.45, 7) is 7.90. The number of aromatic nitrogens is 2. The molecule has 26 heavy (non-hydrogen) atoms. The molecule has 0 radical (unpaired) electrons. The first-order valence-electron chi connectivity index (χ1n) is 8.46. The van der Waals surface area contributed by atoms with Crippen LogP contribution in [-0.4, -0.2) is 24.7 Å². The molecule has 1 N–H and O–H groups in total. The maximum Gasteiger partial charge on any atom is 0.244 e. The van der Waals surface area contributed by atoms with Crippen LogP contribution in [0.4, 0.5) is 0 Å². The van der Waals surface area contributed by atoms with Gasteiger partial charge in [-0.15, -0.1) is 11.3 Å². The molecule has 0 saturated carbocycles. The van der Waals surface area contributed by atoms with E-state index in [2.05, 4.69) is 38.8 Å². The predicted octanol–water partition coefficient (Wildman–Crippen LogP) is 4.39. The Morgan fingerprint density at radius 2 is 2.00 bits per heavy atom. The van der Waals surface area contributed by atoms with Crippen LogP contribution in [0.15, 0.2) is 33.9 Å². The molecule has 0 aliphatic carbocycles. The van der Waals surface area contributed by atoms with E-state index in [1.165, 1.54) is 15.3 Å². The Kier molecular flexibility index (Phi) is 5.67. The van der Waals surface area contributed by atoms with Crippen molar-refractivity contribution in [2.45, 2.75) is 45.1 Å². The molecule has 0 aliphatic rings. The number of nitrogens with one attached hydrogen (secondary N) is 1. The number of thiophene rings is 2. The number of aryl methyl sites for hydroxylation is 1. The van der Waals surface area contributed by atoms with Crippen molar-refractivity contribution >= 4 is 32.7 Å². The number of sulfonamides is 1. The van der Waals surface area contributed by atoms with Crippen molar-refractivity contribution in [2.75, 3.05) is 6.54 Å². The van der Waals surface area contributed by atoms with Crippen LogP contribution < -0.4 is 4.72 Å². The number of hydrogen-bond donors (Lipinski definition) is 1. The van der Waals surface area contributed by atoms with Crippen LogP contribution in [0.1, 0.15) is 36.2 Å². The van der Waals surface area contributed by atoms with E-state index in [9.17, 15) is 8.42 Å². The summed E-state index contributed by atoms with van der Waals surface area (Å²) in [5, 5.41) is 8.56. The van der Waals surface area contributed by atoms with E-state index >= 15 is 0 Å². The third-order valence-corrected chi connectivity index (χ3v) is 7.74. The molecule has 0 aliphatic heterocycles. The molecule has 8 heteroatoms. The van der Waals surface area contributed by atoms with E-state index in [0.29, 0.717) is 29.2 Å². The Labute approximate surface area is 162 Å². The third kappa shape index (κ3) is 3.93. The summed E-state index contributed by atoms with van der Waals surface area (Å²) >= 11 is 3.38. The van der Waals surface area contributed by atoms with Crippen molar-refractivity contribution < 1.29 is 8.42 Å². The molecule has 0 spiro atoms. The maximum atomic E-state index is 12.7. The quantitative estimate of drug-likeness (QED) is 0.629. The fraction of sp³-hybridized carbons (Fsp3) is 0.389. The summed E-state index contributed by atoms with van der Waals surface area (Å²) in [6, 6.07) is 6.39. The van der Waals surface area contributed by atoms with Crippen molar-refractivity contribution in [2.24, 2.45) is 0 Å². The highest BCUT2D eigenvalue weighted by Crippen LogP contribution is 2.30. The highest BCUT2D eigenvalue weighted by atomic mass is 32.2. The van der Waals surface area contributed by atoms with E-state index in [-0.39, 0.29) is 6.04 Å². The van der Waals surface area contributed by atoms with Gasteiger partial charge in [-0.25, -0.2) is 13.1 Å². The Bertz CT molecular complexity index is 983. The van der Waals surface area contributed by atoms with E-state index in [1.54, 1.807) is 41.2 Å². The van der Waals surface area contributed by atoms with E-state index in [0.717, 1.165) is 0 Å². The second kappa shape index (κ2) is 7.64. The van der Waals surface area contributed by atoms with E-state index in [4.69, 9.17) is 0 Å². The molecule has 0 saturated heterocycles. The number of rotatable bonds is 7. The van der Waals surface area contributed by atoms with Crippen molar-refractivity contribution in [1.29, 1.82) is 0 Å². The molecule has 0 unspecified atom stereocenters. The summed E-state index contributed by atoms with van der Waals surface area (Å²) in [5.41, 5.74) is 2.44. The van der Waals surface area contributed by atoms with Crippen molar-refractivity contribution in [3.05, 3.63) is 45.2 Å². The fourth-order valence-electron chi connectivity index (χ4n) is 2.99. The Morgan fingerprint density at radius 3 is 2.62 bits per heavy atom. The zero-order valence-electron chi connectivity index (χ0n) is 15.3. The first-order chi connectivity index (χ1) is 12.3. The van der Waals surface area contributed by atoms with Gasteiger partial charge in [0.2, 0.25) is 10.0 Å². The van der Waals surface area contributed by atoms with Gasteiger partial charge in [-0.1, -0.05) is 0 Å². The monoisotopic (exact) mass is 409 g/mol. The molecule has 0 aromatic carbocycles. The second-order valence-corrected chi connectivity index (χ2v) is 10.1. The van der Waals surface area contributed by atoms with Gasteiger partial charge in [0.15, 0.2) is 0 Å². The lowest BCUT2D eigenvalue weighted by Crippen LogP contribution is -2.26. The lowest BCUT2D eigenvalue weighted by Gasteiger charge is -2.09. The minimum atomic E-state index is -3.57. The molecule has 0 bridgehead atoms. The smallest absolute Gasteiger partial charge is 0.244 e. The zero-order chi connectivity index (χ0) is 18.9. The van der Waals surface area contributed by atoms with Gasteiger partial charge in [0.25, 0.3) is 0 Å². The van der Waals surface area contributed by atoms with Crippen LogP contribution >= 0.6 is 22.7 Å². The van der Waals surface area contributed by atoms with Gasteiger partial charge in [-0.05, 0) is 63.1 Å². The van der Waals surface area contributed by atoms with E-state index in [1.807, 2.05) is 13.8 Å². The minimum Gasteiger partial charge on any atom is -0.266 e. The topological polar surface area (TPSA) is 64.0 Å². The predicted molar refractivity (Wildman–Crippen MR) is 109 cm³/mol.